The van der Waals surface area contributed by atoms with E-state index in [0.717, 1.165) is 11.6 Å². The highest BCUT2D eigenvalue weighted by molar-refractivity contribution is 6.32. The van der Waals surface area contributed by atoms with Crippen LogP contribution in [0, 0.1) is 12.7 Å². The molecule has 1 aromatic heterocycles. The van der Waals surface area contributed by atoms with Crippen LogP contribution in [0.1, 0.15) is 21.5 Å². The first kappa shape index (κ1) is 17.5. The summed E-state index contributed by atoms with van der Waals surface area (Å²) in [4.78, 5) is 23.8. The summed E-state index contributed by atoms with van der Waals surface area (Å²) < 4.78 is 24.0. The Morgan fingerprint density at radius 3 is 2.68 bits per heavy atom. The van der Waals surface area contributed by atoms with Gasteiger partial charge in [0.1, 0.15) is 18.0 Å². The van der Waals surface area contributed by atoms with E-state index >= 15 is 0 Å². The standard InChI is InChI=1S/C18H11Cl2FO4/c1-9-4-16-13(7-14(9)20)10(5-17(22)25-16)8-24-18(23)12-3-2-11(19)6-15(12)21/h2-7H,8H2,1H3. The van der Waals surface area contributed by atoms with Crippen molar-refractivity contribution in [2.24, 2.45) is 0 Å². The maximum absolute atomic E-state index is 13.8. The largest absolute Gasteiger partial charge is 0.457 e. The monoisotopic (exact) mass is 380 g/mol. The van der Waals surface area contributed by atoms with Crippen molar-refractivity contribution >= 4 is 40.1 Å². The van der Waals surface area contributed by atoms with Crippen molar-refractivity contribution in [1.29, 1.82) is 0 Å². The molecule has 3 rings (SSSR count). The van der Waals surface area contributed by atoms with Crippen molar-refractivity contribution in [2.75, 3.05) is 0 Å². The normalized spacial score (nSPS) is 10.9. The number of ether oxygens (including phenoxy) is 1. The number of hydrogen-bond acceptors (Lipinski definition) is 4. The lowest BCUT2D eigenvalue weighted by atomic mass is 10.1. The fraction of sp³-hybridized carbons (Fsp3) is 0.111. The quantitative estimate of drug-likeness (QED) is 0.478. The van der Waals surface area contributed by atoms with Gasteiger partial charge in [-0.2, -0.15) is 0 Å². The van der Waals surface area contributed by atoms with Gasteiger partial charge in [-0.05, 0) is 42.8 Å². The van der Waals surface area contributed by atoms with Crippen LogP contribution >= 0.6 is 23.2 Å². The molecule has 0 N–H and O–H groups in total. The minimum Gasteiger partial charge on any atom is -0.457 e. The van der Waals surface area contributed by atoms with Crippen molar-refractivity contribution in [3.63, 3.8) is 0 Å². The SMILES string of the molecule is Cc1cc2oc(=O)cc(COC(=O)c3ccc(Cl)cc3F)c2cc1Cl. The molecule has 7 heteroatoms. The molecule has 0 atom stereocenters. The van der Waals surface area contributed by atoms with Gasteiger partial charge in [-0.1, -0.05) is 23.2 Å². The van der Waals surface area contributed by atoms with Gasteiger partial charge in [-0.25, -0.2) is 14.0 Å². The van der Waals surface area contributed by atoms with Gasteiger partial charge in [-0.15, -0.1) is 0 Å². The van der Waals surface area contributed by atoms with Crippen LogP contribution in [0.5, 0.6) is 0 Å². The first-order valence-electron chi connectivity index (χ1n) is 7.20. The lowest BCUT2D eigenvalue weighted by Gasteiger charge is -2.09. The number of benzene rings is 2. The number of carbonyl (C=O) groups excluding carboxylic acids is 1. The molecule has 0 aliphatic rings. The zero-order valence-electron chi connectivity index (χ0n) is 12.9. The van der Waals surface area contributed by atoms with Crippen LogP contribution < -0.4 is 5.63 Å². The van der Waals surface area contributed by atoms with Gasteiger partial charge in [0.25, 0.3) is 0 Å². The average molecular weight is 381 g/mol. The summed E-state index contributed by atoms with van der Waals surface area (Å²) in [6.07, 6.45) is 0. The molecular formula is C18H11Cl2FO4. The minimum absolute atomic E-state index is 0.172. The van der Waals surface area contributed by atoms with E-state index in [1.807, 2.05) is 0 Å². The predicted molar refractivity (Wildman–Crippen MR) is 92.8 cm³/mol. The molecular weight excluding hydrogens is 370 g/mol. The van der Waals surface area contributed by atoms with E-state index in [4.69, 9.17) is 32.4 Å². The van der Waals surface area contributed by atoms with Gasteiger partial charge in [0.2, 0.25) is 0 Å². The summed E-state index contributed by atoms with van der Waals surface area (Å²) in [5.41, 5.74) is 0.659. The Balaban J connectivity index is 1.91. The summed E-state index contributed by atoms with van der Waals surface area (Å²) in [5, 5.41) is 1.20. The Kier molecular flexibility index (Phi) is 4.79. The van der Waals surface area contributed by atoms with Gasteiger partial charge in [0.15, 0.2) is 0 Å². The molecule has 0 bridgehead atoms. The smallest absolute Gasteiger partial charge is 0.341 e. The Hall–Kier alpha value is -2.37. The Morgan fingerprint density at radius 2 is 1.96 bits per heavy atom. The van der Waals surface area contributed by atoms with Crippen molar-refractivity contribution in [1.82, 2.24) is 0 Å². The molecule has 0 aliphatic carbocycles. The average Bonchev–Trinajstić information content (AvgIpc) is 2.54. The molecule has 0 radical (unpaired) electrons. The number of halogens is 3. The van der Waals surface area contributed by atoms with Crippen molar-refractivity contribution in [2.45, 2.75) is 13.5 Å². The highest BCUT2D eigenvalue weighted by Crippen LogP contribution is 2.26. The van der Waals surface area contributed by atoms with Gasteiger partial charge < -0.3 is 9.15 Å². The molecule has 0 aliphatic heterocycles. The highest BCUT2D eigenvalue weighted by atomic mass is 35.5. The van der Waals surface area contributed by atoms with Crippen LogP contribution in [0.25, 0.3) is 11.0 Å². The van der Waals surface area contributed by atoms with E-state index in [0.29, 0.717) is 21.6 Å². The molecule has 0 amide bonds. The van der Waals surface area contributed by atoms with Crippen molar-refractivity contribution in [3.8, 4) is 0 Å². The predicted octanol–water partition coefficient (Wildman–Crippen LogP) is 4.90. The van der Waals surface area contributed by atoms with E-state index in [2.05, 4.69) is 0 Å². The third-order valence-electron chi connectivity index (χ3n) is 3.62. The number of fused-ring (bicyclic) bond motifs is 1. The van der Waals surface area contributed by atoms with E-state index in [1.165, 1.54) is 18.2 Å². The van der Waals surface area contributed by atoms with Gasteiger partial charge >= 0.3 is 11.6 Å². The molecule has 0 spiro atoms. The second-order valence-electron chi connectivity index (χ2n) is 5.39. The maximum Gasteiger partial charge on any atom is 0.341 e. The topological polar surface area (TPSA) is 56.5 Å². The summed E-state index contributed by atoms with van der Waals surface area (Å²) >= 11 is 11.8. The van der Waals surface area contributed by atoms with Gasteiger partial charge in [-0.3, -0.25) is 0 Å². The molecule has 4 nitrogen and oxygen atoms in total. The molecule has 0 unspecified atom stereocenters. The molecule has 3 aromatic rings. The number of rotatable bonds is 3. The fourth-order valence-corrected chi connectivity index (χ4v) is 2.67. The van der Waals surface area contributed by atoms with Gasteiger partial charge in [0.05, 0.1) is 5.56 Å². The zero-order valence-corrected chi connectivity index (χ0v) is 14.4. The first-order chi connectivity index (χ1) is 11.8. The van der Waals surface area contributed by atoms with E-state index in [9.17, 15) is 14.0 Å². The third kappa shape index (κ3) is 3.67. The van der Waals surface area contributed by atoms with Crippen LogP contribution in [0.15, 0.2) is 45.6 Å². The molecule has 128 valence electrons. The number of hydrogen-bond donors (Lipinski definition) is 0. The Labute approximate surface area is 151 Å². The first-order valence-corrected chi connectivity index (χ1v) is 7.96. The summed E-state index contributed by atoms with van der Waals surface area (Å²) in [6.45, 7) is 1.54. The molecule has 2 aromatic carbocycles. The van der Waals surface area contributed by atoms with Crippen LogP contribution in [0.4, 0.5) is 4.39 Å². The van der Waals surface area contributed by atoms with Gasteiger partial charge in [0, 0.05) is 27.1 Å². The Morgan fingerprint density at radius 1 is 1.20 bits per heavy atom. The van der Waals surface area contributed by atoms with Crippen LogP contribution in [-0.4, -0.2) is 5.97 Å². The molecule has 1 heterocycles. The number of carbonyl (C=O) groups is 1. The van der Waals surface area contributed by atoms with Crippen LogP contribution in [0.2, 0.25) is 10.0 Å². The molecule has 25 heavy (non-hydrogen) atoms. The summed E-state index contributed by atoms with van der Waals surface area (Å²) in [7, 11) is 0. The van der Waals surface area contributed by atoms with E-state index < -0.39 is 17.4 Å². The second-order valence-corrected chi connectivity index (χ2v) is 6.23. The third-order valence-corrected chi connectivity index (χ3v) is 4.26. The van der Waals surface area contributed by atoms with Crippen LogP contribution in [0.3, 0.4) is 0 Å². The molecule has 0 saturated carbocycles. The Bertz CT molecular complexity index is 1040. The lowest BCUT2D eigenvalue weighted by molar-refractivity contribution is 0.0468. The fourth-order valence-electron chi connectivity index (χ4n) is 2.34. The maximum atomic E-state index is 13.8. The van der Waals surface area contributed by atoms with E-state index in [-0.39, 0.29) is 17.2 Å². The second kappa shape index (κ2) is 6.86. The van der Waals surface area contributed by atoms with Crippen molar-refractivity contribution < 1.29 is 18.3 Å². The van der Waals surface area contributed by atoms with Crippen molar-refractivity contribution in [3.05, 3.63) is 79.4 Å². The molecule has 0 fully saturated rings. The summed E-state index contributed by atoms with van der Waals surface area (Å²) in [6, 6.07) is 8.10. The zero-order chi connectivity index (χ0) is 18.1. The number of esters is 1. The van der Waals surface area contributed by atoms with Crippen LogP contribution in [-0.2, 0) is 11.3 Å². The minimum atomic E-state index is -0.867. The number of aryl methyl sites for hydroxylation is 1. The highest BCUT2D eigenvalue weighted by Gasteiger charge is 2.15. The summed E-state index contributed by atoms with van der Waals surface area (Å²) in [5.74, 6) is -1.65. The lowest BCUT2D eigenvalue weighted by Crippen LogP contribution is -2.09. The molecule has 0 saturated heterocycles. The van der Waals surface area contributed by atoms with E-state index in [1.54, 1.807) is 19.1 Å².